The van der Waals surface area contributed by atoms with E-state index in [0.717, 1.165) is 16.9 Å². The Hall–Kier alpha value is -1.06. The highest BCUT2D eigenvalue weighted by Crippen LogP contribution is 2.26. The second-order valence-electron chi connectivity index (χ2n) is 3.72. The molecule has 0 unspecified atom stereocenters. The number of benzene rings is 1. The average Bonchev–Trinajstić information content (AvgIpc) is 2.22. The van der Waals surface area contributed by atoms with E-state index in [1.165, 1.54) is 0 Å². The van der Waals surface area contributed by atoms with E-state index in [9.17, 15) is 4.79 Å². The van der Waals surface area contributed by atoms with Crippen LogP contribution >= 0.6 is 11.6 Å². The zero-order valence-electron chi connectivity index (χ0n) is 9.76. The van der Waals surface area contributed by atoms with E-state index in [0.29, 0.717) is 18.1 Å². The van der Waals surface area contributed by atoms with Crippen LogP contribution in [0.2, 0.25) is 5.02 Å². The van der Waals surface area contributed by atoms with Crippen molar-refractivity contribution in [2.24, 2.45) is 0 Å². The first-order valence-electron chi connectivity index (χ1n) is 5.07. The van der Waals surface area contributed by atoms with Gasteiger partial charge in [0.05, 0.1) is 13.7 Å². The molecule has 0 spiro atoms. The minimum absolute atomic E-state index is 0.108. The van der Waals surface area contributed by atoms with Gasteiger partial charge in [0.1, 0.15) is 11.5 Å². The van der Waals surface area contributed by atoms with Crippen LogP contribution in [0, 0.1) is 6.92 Å². The van der Waals surface area contributed by atoms with Crippen molar-refractivity contribution in [1.29, 1.82) is 0 Å². The maximum absolute atomic E-state index is 10.8. The van der Waals surface area contributed by atoms with Crippen LogP contribution in [-0.4, -0.2) is 19.4 Å². The Morgan fingerprint density at radius 1 is 1.50 bits per heavy atom. The van der Waals surface area contributed by atoms with Crippen molar-refractivity contribution in [3.63, 3.8) is 0 Å². The summed E-state index contributed by atoms with van der Waals surface area (Å²) in [6, 6.07) is 3.76. The zero-order chi connectivity index (χ0) is 12.1. The Balaban J connectivity index is 2.77. The van der Waals surface area contributed by atoms with Gasteiger partial charge >= 0.3 is 0 Å². The fourth-order valence-corrected chi connectivity index (χ4v) is 1.58. The molecule has 1 rings (SSSR count). The van der Waals surface area contributed by atoms with Crippen LogP contribution < -0.4 is 10.1 Å². The minimum Gasteiger partial charge on any atom is -0.496 e. The predicted molar refractivity (Wildman–Crippen MR) is 65.1 cm³/mol. The van der Waals surface area contributed by atoms with Gasteiger partial charge in [-0.1, -0.05) is 11.6 Å². The van der Waals surface area contributed by atoms with Crippen LogP contribution in [0.15, 0.2) is 12.1 Å². The Labute approximate surface area is 101 Å². The third kappa shape index (κ3) is 3.51. The summed E-state index contributed by atoms with van der Waals surface area (Å²) >= 11 is 6.03. The summed E-state index contributed by atoms with van der Waals surface area (Å²) in [6.07, 6.45) is 0. The molecule has 0 saturated carbocycles. The number of carbonyl (C=O) groups is 1. The first kappa shape index (κ1) is 13.0. The topological polar surface area (TPSA) is 38.3 Å². The number of ether oxygens (including phenoxy) is 1. The van der Waals surface area contributed by atoms with Crippen molar-refractivity contribution in [1.82, 2.24) is 5.32 Å². The van der Waals surface area contributed by atoms with Gasteiger partial charge in [0.25, 0.3) is 0 Å². The van der Waals surface area contributed by atoms with E-state index < -0.39 is 0 Å². The van der Waals surface area contributed by atoms with Gasteiger partial charge in [-0.25, -0.2) is 0 Å². The molecule has 0 aliphatic carbocycles. The Morgan fingerprint density at radius 2 is 2.19 bits per heavy atom. The van der Waals surface area contributed by atoms with Crippen molar-refractivity contribution in [3.05, 3.63) is 28.3 Å². The third-order valence-corrected chi connectivity index (χ3v) is 2.66. The van der Waals surface area contributed by atoms with Crippen molar-refractivity contribution in [2.75, 3.05) is 13.7 Å². The molecule has 1 N–H and O–H groups in total. The maximum atomic E-state index is 10.8. The molecule has 0 radical (unpaired) electrons. The molecule has 16 heavy (non-hydrogen) atoms. The number of halogens is 1. The first-order chi connectivity index (χ1) is 7.54. The number of hydrogen-bond acceptors (Lipinski definition) is 3. The van der Waals surface area contributed by atoms with Gasteiger partial charge < -0.3 is 10.1 Å². The summed E-state index contributed by atoms with van der Waals surface area (Å²) < 4.78 is 5.26. The molecule has 0 aliphatic rings. The summed E-state index contributed by atoms with van der Waals surface area (Å²) in [4.78, 5) is 10.8. The zero-order valence-corrected chi connectivity index (χ0v) is 10.5. The molecule has 0 fully saturated rings. The molecular weight excluding hydrogens is 226 g/mol. The van der Waals surface area contributed by atoms with Gasteiger partial charge in [0.15, 0.2) is 0 Å². The number of ketones is 1. The van der Waals surface area contributed by atoms with E-state index in [4.69, 9.17) is 16.3 Å². The standard InChI is InChI=1S/C12H16ClNO2/c1-8-4-12(16-3)10(5-11(8)13)7-14-6-9(2)15/h4-5,14H,6-7H2,1-3H3. The summed E-state index contributed by atoms with van der Waals surface area (Å²) in [6.45, 7) is 4.40. The first-order valence-corrected chi connectivity index (χ1v) is 5.45. The Morgan fingerprint density at radius 3 is 2.75 bits per heavy atom. The van der Waals surface area contributed by atoms with Crippen LogP contribution in [0.1, 0.15) is 18.1 Å². The van der Waals surface area contributed by atoms with Crippen LogP contribution in [0.25, 0.3) is 0 Å². The number of aryl methyl sites for hydroxylation is 1. The van der Waals surface area contributed by atoms with Crippen LogP contribution in [0.5, 0.6) is 5.75 Å². The molecule has 0 aromatic heterocycles. The number of carbonyl (C=O) groups excluding carboxylic acids is 1. The lowest BCUT2D eigenvalue weighted by molar-refractivity contribution is -0.116. The second-order valence-corrected chi connectivity index (χ2v) is 4.13. The van der Waals surface area contributed by atoms with E-state index in [1.54, 1.807) is 14.0 Å². The van der Waals surface area contributed by atoms with Gasteiger partial charge in [-0.2, -0.15) is 0 Å². The molecule has 0 atom stereocenters. The second kappa shape index (κ2) is 5.87. The highest BCUT2D eigenvalue weighted by Gasteiger charge is 2.06. The normalized spacial score (nSPS) is 10.2. The van der Waals surface area contributed by atoms with Crippen LogP contribution in [-0.2, 0) is 11.3 Å². The number of Topliss-reactive ketones (excluding diaryl/α,β-unsaturated/α-hetero) is 1. The fourth-order valence-electron chi connectivity index (χ4n) is 1.40. The summed E-state index contributed by atoms with van der Waals surface area (Å²) in [5.41, 5.74) is 1.94. The Bertz CT molecular complexity index is 391. The van der Waals surface area contributed by atoms with Crippen molar-refractivity contribution in [3.8, 4) is 5.75 Å². The summed E-state index contributed by atoms with van der Waals surface area (Å²) in [5.74, 6) is 0.898. The van der Waals surface area contributed by atoms with Gasteiger partial charge in [-0.15, -0.1) is 0 Å². The molecule has 0 bridgehead atoms. The van der Waals surface area contributed by atoms with Gasteiger partial charge in [0, 0.05) is 17.1 Å². The van der Waals surface area contributed by atoms with E-state index in [2.05, 4.69) is 5.32 Å². The molecular formula is C12H16ClNO2. The average molecular weight is 242 g/mol. The molecule has 4 heteroatoms. The van der Waals surface area contributed by atoms with E-state index in [-0.39, 0.29) is 5.78 Å². The Kier molecular flexibility index (Phi) is 4.77. The smallest absolute Gasteiger partial charge is 0.143 e. The van der Waals surface area contributed by atoms with Gasteiger partial charge in [-0.05, 0) is 31.5 Å². The minimum atomic E-state index is 0.108. The number of nitrogens with one attached hydrogen (secondary N) is 1. The molecule has 0 saturated heterocycles. The lowest BCUT2D eigenvalue weighted by Gasteiger charge is -2.11. The monoisotopic (exact) mass is 241 g/mol. The predicted octanol–water partition coefficient (Wildman–Crippen LogP) is 2.34. The highest BCUT2D eigenvalue weighted by atomic mass is 35.5. The van der Waals surface area contributed by atoms with Crippen LogP contribution in [0.3, 0.4) is 0 Å². The summed E-state index contributed by atoms with van der Waals surface area (Å²) in [7, 11) is 1.62. The number of methoxy groups -OCH3 is 1. The van der Waals surface area contributed by atoms with Crippen molar-refractivity contribution < 1.29 is 9.53 Å². The number of hydrogen-bond donors (Lipinski definition) is 1. The van der Waals surface area contributed by atoms with Crippen molar-refractivity contribution >= 4 is 17.4 Å². The molecule has 1 aromatic rings. The maximum Gasteiger partial charge on any atom is 0.143 e. The number of rotatable bonds is 5. The molecule has 0 heterocycles. The lowest BCUT2D eigenvalue weighted by atomic mass is 10.1. The quantitative estimate of drug-likeness (QED) is 0.860. The molecule has 1 aromatic carbocycles. The lowest BCUT2D eigenvalue weighted by Crippen LogP contribution is -2.20. The largest absolute Gasteiger partial charge is 0.496 e. The highest BCUT2D eigenvalue weighted by molar-refractivity contribution is 6.31. The summed E-state index contributed by atoms with van der Waals surface area (Å²) in [5, 5.41) is 3.74. The van der Waals surface area contributed by atoms with Gasteiger partial charge in [0.2, 0.25) is 0 Å². The fraction of sp³-hybridized carbons (Fsp3) is 0.417. The molecule has 3 nitrogen and oxygen atoms in total. The van der Waals surface area contributed by atoms with E-state index >= 15 is 0 Å². The van der Waals surface area contributed by atoms with Crippen LogP contribution in [0.4, 0.5) is 0 Å². The third-order valence-electron chi connectivity index (χ3n) is 2.25. The van der Waals surface area contributed by atoms with E-state index in [1.807, 2.05) is 19.1 Å². The molecule has 88 valence electrons. The molecule has 0 amide bonds. The van der Waals surface area contributed by atoms with Gasteiger partial charge in [-0.3, -0.25) is 4.79 Å². The molecule has 0 aliphatic heterocycles. The van der Waals surface area contributed by atoms with Crippen molar-refractivity contribution in [2.45, 2.75) is 20.4 Å². The SMILES string of the molecule is COc1cc(C)c(Cl)cc1CNCC(C)=O.